The summed E-state index contributed by atoms with van der Waals surface area (Å²) < 4.78 is 39.0. The van der Waals surface area contributed by atoms with Gasteiger partial charge in [-0.1, -0.05) is 13.8 Å². The van der Waals surface area contributed by atoms with Crippen LogP contribution in [-0.2, 0) is 11.2 Å². The first-order valence-electron chi connectivity index (χ1n) is 13.5. The van der Waals surface area contributed by atoms with Crippen LogP contribution in [0.5, 0.6) is 0 Å². The quantitative estimate of drug-likeness (QED) is 0.326. The molecule has 200 valence electrons. The van der Waals surface area contributed by atoms with Crippen molar-refractivity contribution in [3.63, 3.8) is 0 Å². The van der Waals surface area contributed by atoms with E-state index < -0.39 is 6.43 Å². The van der Waals surface area contributed by atoms with Crippen LogP contribution < -0.4 is 9.42 Å². The highest BCUT2D eigenvalue weighted by Crippen LogP contribution is 2.37. The zero-order valence-electron chi connectivity index (χ0n) is 22.2. The summed E-state index contributed by atoms with van der Waals surface area (Å²) in [5.74, 6) is 1.11. The van der Waals surface area contributed by atoms with Gasteiger partial charge in [-0.05, 0) is 67.6 Å². The van der Waals surface area contributed by atoms with Crippen molar-refractivity contribution in [2.24, 2.45) is 11.8 Å². The van der Waals surface area contributed by atoms with Crippen LogP contribution in [0, 0.1) is 11.8 Å². The molecule has 2 atom stereocenters. The van der Waals surface area contributed by atoms with E-state index in [9.17, 15) is 13.6 Å². The number of morpholine rings is 1. The molecule has 0 N–H and O–H groups in total. The predicted molar refractivity (Wildman–Crippen MR) is 136 cm³/mol. The Morgan fingerprint density at radius 3 is 2.49 bits per heavy atom. The van der Waals surface area contributed by atoms with Crippen molar-refractivity contribution < 1.29 is 22.8 Å². The second kappa shape index (κ2) is 10.5. The zero-order chi connectivity index (χ0) is 26.3. The van der Waals surface area contributed by atoms with Gasteiger partial charge in [-0.3, -0.25) is 4.79 Å². The van der Waals surface area contributed by atoms with Crippen molar-refractivity contribution in [2.75, 3.05) is 18.0 Å². The number of nitrogens with zero attached hydrogens (tertiary/aromatic N) is 5. The first-order valence-corrected chi connectivity index (χ1v) is 13.5. The van der Waals surface area contributed by atoms with Crippen LogP contribution in [-0.4, -0.2) is 45.4 Å². The number of alkyl halides is 2. The second-order valence-electron chi connectivity index (χ2n) is 11.2. The maximum Gasteiger partial charge on any atom is 0.265 e. The Kier molecular flexibility index (Phi) is 7.34. The number of ether oxygens (including phenoxy) is 1. The molecule has 37 heavy (non-hydrogen) atoms. The molecule has 1 aliphatic heterocycles. The van der Waals surface area contributed by atoms with Gasteiger partial charge < -0.3 is 14.2 Å². The third-order valence-corrected chi connectivity index (χ3v) is 8.13. The monoisotopic (exact) mass is 514 g/mol. The maximum absolute atomic E-state index is 14.0. The van der Waals surface area contributed by atoms with Crippen LogP contribution in [0.3, 0.4) is 0 Å². The molecule has 0 radical (unpaired) electrons. The minimum absolute atomic E-state index is 0.0437. The van der Waals surface area contributed by atoms with E-state index in [1.807, 2.05) is 36.9 Å². The normalized spacial score (nSPS) is 24.9. The number of Topliss-reactive ketones (excluding diaryl/α,β-unsaturated/α-hetero) is 1. The Balaban J connectivity index is 1.37. The summed E-state index contributed by atoms with van der Waals surface area (Å²) in [4.78, 5) is 15.6. The molecule has 2 fully saturated rings. The SMILES string of the molecule is CC(C)C1CCC(n2cc(CC(=O)c3cnn4ccc(N5C[C@@H](C)O[C@@H](C)C5)c[n+]34)c(C(F)F)c2)CC1. The fourth-order valence-electron chi connectivity index (χ4n) is 6.09. The number of halogens is 2. The molecule has 9 heteroatoms. The summed E-state index contributed by atoms with van der Waals surface area (Å²) in [5.41, 5.74) is 1.70. The highest BCUT2D eigenvalue weighted by molar-refractivity contribution is 5.94. The molecule has 4 heterocycles. The number of hydrogen-bond acceptors (Lipinski definition) is 4. The number of carbonyl (C=O) groups excluding carboxylic acids is 1. The number of fused-ring (bicyclic) bond motifs is 1. The molecule has 3 aromatic rings. The summed E-state index contributed by atoms with van der Waals surface area (Å²) in [6.45, 7) is 10.1. The molecule has 0 bridgehead atoms. The first-order chi connectivity index (χ1) is 17.7. The number of anilines is 1. The van der Waals surface area contributed by atoms with Gasteiger partial charge in [0.1, 0.15) is 6.20 Å². The lowest BCUT2D eigenvalue weighted by Crippen LogP contribution is -2.46. The van der Waals surface area contributed by atoms with Crippen LogP contribution >= 0.6 is 0 Å². The first kappa shape index (κ1) is 25.8. The molecule has 0 spiro atoms. The molecule has 0 unspecified atom stereocenters. The van der Waals surface area contributed by atoms with E-state index in [0.717, 1.165) is 44.5 Å². The molecule has 1 saturated heterocycles. The lowest BCUT2D eigenvalue weighted by Gasteiger charge is -2.36. The van der Waals surface area contributed by atoms with Crippen molar-refractivity contribution in [2.45, 2.75) is 84.5 Å². The Labute approximate surface area is 217 Å². The fraction of sp³-hybridized carbons (Fsp3) is 0.607. The van der Waals surface area contributed by atoms with Crippen LogP contribution in [0.15, 0.2) is 37.1 Å². The Morgan fingerprint density at radius 2 is 1.84 bits per heavy atom. The molecule has 5 rings (SSSR count). The van der Waals surface area contributed by atoms with Crippen molar-refractivity contribution >= 4 is 11.5 Å². The third kappa shape index (κ3) is 5.42. The molecule has 3 aromatic heterocycles. The molecule has 1 saturated carbocycles. The molecule has 1 aliphatic carbocycles. The van der Waals surface area contributed by atoms with Gasteiger partial charge in [-0.25, -0.2) is 8.78 Å². The van der Waals surface area contributed by atoms with Crippen molar-refractivity contribution in [1.29, 1.82) is 0 Å². The number of carbonyl (C=O) groups is 1. The number of rotatable bonds is 7. The van der Waals surface area contributed by atoms with Crippen LogP contribution in [0.4, 0.5) is 14.5 Å². The molecule has 0 aromatic carbocycles. The summed E-state index contributed by atoms with van der Waals surface area (Å²) >= 11 is 0. The second-order valence-corrected chi connectivity index (χ2v) is 11.2. The van der Waals surface area contributed by atoms with Crippen LogP contribution in [0.25, 0.3) is 0 Å². The lowest BCUT2D eigenvalue weighted by molar-refractivity contribution is -0.624. The highest BCUT2D eigenvalue weighted by Gasteiger charge is 2.29. The average Bonchev–Trinajstić information content (AvgIpc) is 3.47. The molecular formula is C28H38F2N5O2+. The number of ketones is 1. The fourth-order valence-corrected chi connectivity index (χ4v) is 6.09. The summed E-state index contributed by atoms with van der Waals surface area (Å²) in [7, 11) is 0. The Bertz CT molecular complexity index is 1230. The van der Waals surface area contributed by atoms with Gasteiger partial charge in [0.05, 0.1) is 24.1 Å². The van der Waals surface area contributed by atoms with Crippen molar-refractivity contribution in [1.82, 2.24) is 14.3 Å². The van der Waals surface area contributed by atoms with E-state index in [4.69, 9.17) is 4.74 Å². The van der Waals surface area contributed by atoms with Gasteiger partial charge in [0, 0.05) is 48.6 Å². The number of aromatic nitrogens is 4. The minimum Gasteiger partial charge on any atom is -0.372 e. The molecule has 7 nitrogen and oxygen atoms in total. The van der Waals surface area contributed by atoms with Gasteiger partial charge in [0.25, 0.3) is 6.43 Å². The highest BCUT2D eigenvalue weighted by atomic mass is 19.3. The largest absolute Gasteiger partial charge is 0.372 e. The third-order valence-electron chi connectivity index (χ3n) is 8.13. The van der Waals surface area contributed by atoms with Crippen molar-refractivity contribution in [3.8, 4) is 0 Å². The summed E-state index contributed by atoms with van der Waals surface area (Å²) in [6.07, 6.45) is 10.3. The maximum atomic E-state index is 14.0. The van der Waals surface area contributed by atoms with E-state index in [1.165, 1.54) is 6.20 Å². The predicted octanol–water partition coefficient (Wildman–Crippen LogP) is 5.09. The minimum atomic E-state index is -2.62. The van der Waals surface area contributed by atoms with Crippen LogP contribution in [0.1, 0.15) is 87.5 Å². The van der Waals surface area contributed by atoms with Gasteiger partial charge in [-0.15, -0.1) is 4.52 Å². The summed E-state index contributed by atoms with van der Waals surface area (Å²) in [5, 5.41) is 4.32. The van der Waals surface area contributed by atoms with Gasteiger partial charge in [0.2, 0.25) is 17.7 Å². The van der Waals surface area contributed by atoms with Gasteiger partial charge in [0.15, 0.2) is 0 Å². The van der Waals surface area contributed by atoms with E-state index in [2.05, 4.69) is 23.8 Å². The standard InChI is InChI=1S/C28H38F2N5O2/c1-18(2)21-5-7-23(8-6-21)33-15-22(25(17-33)28(29)30)11-27(36)26-12-31-35-10-9-24(16-34(26)35)32-13-19(3)37-20(4)14-32/h9-10,12,15-21,23,28H,5-8,11,13-14H2,1-4H3/q+1/t19-,20+,21?,23?. The average molecular weight is 515 g/mol. The number of hydrogen-bond donors (Lipinski definition) is 0. The van der Waals surface area contributed by atoms with Crippen LogP contribution in [0.2, 0.25) is 0 Å². The zero-order valence-corrected chi connectivity index (χ0v) is 22.2. The Hall–Kier alpha value is -2.81. The summed E-state index contributed by atoms with van der Waals surface area (Å²) in [6, 6.07) is 2.18. The smallest absolute Gasteiger partial charge is 0.265 e. The Morgan fingerprint density at radius 1 is 1.14 bits per heavy atom. The molecular weight excluding hydrogens is 476 g/mol. The molecule has 2 aliphatic rings. The topological polar surface area (TPSA) is 55.9 Å². The van der Waals surface area contributed by atoms with E-state index in [-0.39, 0.29) is 36.0 Å². The lowest BCUT2D eigenvalue weighted by atomic mass is 9.79. The van der Waals surface area contributed by atoms with E-state index >= 15 is 0 Å². The molecule has 0 amide bonds. The van der Waals surface area contributed by atoms with E-state index in [1.54, 1.807) is 21.5 Å². The van der Waals surface area contributed by atoms with Gasteiger partial charge >= 0.3 is 0 Å². The van der Waals surface area contributed by atoms with Crippen molar-refractivity contribution in [3.05, 3.63) is 53.9 Å². The van der Waals surface area contributed by atoms with Gasteiger partial charge in [-0.2, -0.15) is 0 Å². The van der Waals surface area contributed by atoms with E-state index in [0.29, 0.717) is 23.1 Å².